The molecule has 0 saturated carbocycles. The van der Waals surface area contributed by atoms with E-state index in [1.807, 2.05) is 41.9 Å². The zero-order chi connectivity index (χ0) is 14.8. The largest absolute Gasteiger partial charge is 0.383 e. The van der Waals surface area contributed by atoms with Gasteiger partial charge in [0.1, 0.15) is 17.3 Å². The summed E-state index contributed by atoms with van der Waals surface area (Å²) < 4.78 is 1.94. The number of benzene rings is 2. The van der Waals surface area contributed by atoms with E-state index >= 15 is 0 Å². The van der Waals surface area contributed by atoms with Gasteiger partial charge in [0.05, 0.1) is 0 Å². The predicted molar refractivity (Wildman–Crippen MR) is 87.9 cm³/mol. The minimum atomic E-state index is 0.693. The molecule has 1 heterocycles. The lowest BCUT2D eigenvalue weighted by atomic mass is 10.1. The topological polar surface area (TPSA) is 43.8 Å². The first kappa shape index (κ1) is 13.4. The minimum Gasteiger partial charge on any atom is -0.383 e. The van der Waals surface area contributed by atoms with Crippen molar-refractivity contribution in [3.05, 3.63) is 60.2 Å². The van der Waals surface area contributed by atoms with Crippen molar-refractivity contribution in [3.8, 4) is 22.6 Å². The minimum absolute atomic E-state index is 0.693. The van der Waals surface area contributed by atoms with Crippen molar-refractivity contribution in [3.63, 3.8) is 0 Å². The van der Waals surface area contributed by atoms with E-state index in [0.717, 1.165) is 29.1 Å². The standard InChI is InChI=1S/C18H19N3/c1-3-13-9-11-14(12-10-13)16-17(19)21(2)18(20-16)15-7-5-4-6-8-15/h4-12H,3,19H2,1-2H3. The van der Waals surface area contributed by atoms with Gasteiger partial charge in [-0.05, 0) is 12.0 Å². The second-order valence-corrected chi connectivity index (χ2v) is 5.14. The Morgan fingerprint density at radius 3 is 2.24 bits per heavy atom. The van der Waals surface area contributed by atoms with Crippen molar-refractivity contribution in [2.45, 2.75) is 13.3 Å². The first-order valence-electron chi connectivity index (χ1n) is 7.17. The number of anilines is 1. The molecule has 0 spiro atoms. The number of nitrogen functional groups attached to an aromatic ring is 1. The fourth-order valence-corrected chi connectivity index (χ4v) is 2.47. The van der Waals surface area contributed by atoms with Crippen molar-refractivity contribution in [1.82, 2.24) is 9.55 Å². The van der Waals surface area contributed by atoms with E-state index in [0.29, 0.717) is 5.82 Å². The van der Waals surface area contributed by atoms with Crippen LogP contribution in [-0.4, -0.2) is 9.55 Å². The summed E-state index contributed by atoms with van der Waals surface area (Å²) in [7, 11) is 1.95. The Balaban J connectivity index is 2.08. The molecule has 0 aliphatic heterocycles. The number of nitrogens with zero attached hydrogens (tertiary/aromatic N) is 2. The molecule has 2 aromatic carbocycles. The maximum atomic E-state index is 6.24. The lowest BCUT2D eigenvalue weighted by Gasteiger charge is -2.02. The molecule has 0 amide bonds. The van der Waals surface area contributed by atoms with Crippen molar-refractivity contribution in [1.29, 1.82) is 0 Å². The van der Waals surface area contributed by atoms with Crippen molar-refractivity contribution >= 4 is 5.82 Å². The Hall–Kier alpha value is -2.55. The van der Waals surface area contributed by atoms with Gasteiger partial charge >= 0.3 is 0 Å². The quantitative estimate of drug-likeness (QED) is 0.789. The molecule has 0 radical (unpaired) electrons. The molecule has 3 nitrogen and oxygen atoms in total. The van der Waals surface area contributed by atoms with Crippen LogP contribution in [0.4, 0.5) is 5.82 Å². The van der Waals surface area contributed by atoms with E-state index in [1.165, 1.54) is 5.56 Å². The van der Waals surface area contributed by atoms with Crippen LogP contribution in [0.25, 0.3) is 22.6 Å². The Bertz CT molecular complexity index is 740. The number of hydrogen-bond acceptors (Lipinski definition) is 2. The third kappa shape index (κ3) is 2.42. The van der Waals surface area contributed by atoms with Crippen LogP contribution in [0.1, 0.15) is 12.5 Å². The molecule has 106 valence electrons. The van der Waals surface area contributed by atoms with E-state index in [1.54, 1.807) is 0 Å². The van der Waals surface area contributed by atoms with Crippen LogP contribution in [0.3, 0.4) is 0 Å². The summed E-state index contributed by atoms with van der Waals surface area (Å²) in [5.41, 5.74) is 10.5. The van der Waals surface area contributed by atoms with Crippen molar-refractivity contribution in [2.75, 3.05) is 5.73 Å². The monoisotopic (exact) mass is 277 g/mol. The number of hydrogen-bond donors (Lipinski definition) is 1. The number of nitrogens with two attached hydrogens (primary N) is 1. The number of aryl methyl sites for hydroxylation is 1. The summed E-state index contributed by atoms with van der Waals surface area (Å²) in [5.74, 6) is 1.58. The van der Waals surface area contributed by atoms with E-state index in [9.17, 15) is 0 Å². The summed E-state index contributed by atoms with van der Waals surface area (Å²) in [6.45, 7) is 2.15. The van der Waals surface area contributed by atoms with Crippen molar-refractivity contribution < 1.29 is 0 Å². The fourth-order valence-electron chi connectivity index (χ4n) is 2.47. The maximum Gasteiger partial charge on any atom is 0.142 e. The molecule has 0 saturated heterocycles. The molecule has 0 fully saturated rings. The third-order valence-corrected chi connectivity index (χ3v) is 3.81. The van der Waals surface area contributed by atoms with Gasteiger partial charge in [-0.3, -0.25) is 0 Å². The first-order chi connectivity index (χ1) is 10.2. The predicted octanol–water partition coefficient (Wildman–Crippen LogP) is 3.90. The number of aromatic nitrogens is 2. The number of imidazole rings is 1. The van der Waals surface area contributed by atoms with Crippen molar-refractivity contribution in [2.24, 2.45) is 7.05 Å². The van der Waals surface area contributed by atoms with Gasteiger partial charge in [-0.2, -0.15) is 0 Å². The third-order valence-electron chi connectivity index (χ3n) is 3.81. The van der Waals surface area contributed by atoms with Gasteiger partial charge in [0.25, 0.3) is 0 Å². The highest BCUT2D eigenvalue weighted by molar-refractivity contribution is 5.75. The Morgan fingerprint density at radius 1 is 0.952 bits per heavy atom. The first-order valence-corrected chi connectivity index (χ1v) is 7.17. The molecule has 3 rings (SSSR count). The molecule has 0 aliphatic rings. The lowest BCUT2D eigenvalue weighted by molar-refractivity contribution is 0.937. The highest BCUT2D eigenvalue weighted by Gasteiger charge is 2.14. The maximum absolute atomic E-state index is 6.24. The molecule has 21 heavy (non-hydrogen) atoms. The summed E-state index contributed by atoms with van der Waals surface area (Å²) >= 11 is 0. The second-order valence-electron chi connectivity index (χ2n) is 5.14. The molecule has 3 heteroatoms. The zero-order valence-electron chi connectivity index (χ0n) is 12.4. The van der Waals surface area contributed by atoms with Gasteiger partial charge in [0, 0.05) is 18.2 Å². The molecular formula is C18H19N3. The molecule has 0 atom stereocenters. The van der Waals surface area contributed by atoms with E-state index in [-0.39, 0.29) is 0 Å². The summed E-state index contributed by atoms with van der Waals surface area (Å²) in [4.78, 5) is 4.74. The van der Waals surface area contributed by atoms with Gasteiger partial charge in [-0.25, -0.2) is 4.98 Å². The summed E-state index contributed by atoms with van der Waals surface area (Å²) in [5, 5.41) is 0. The Kier molecular flexibility index (Phi) is 3.48. The highest BCUT2D eigenvalue weighted by atomic mass is 15.1. The molecule has 3 aromatic rings. The SMILES string of the molecule is CCc1ccc(-c2nc(-c3ccccc3)n(C)c2N)cc1. The lowest BCUT2D eigenvalue weighted by Crippen LogP contribution is -1.98. The molecule has 2 N–H and O–H groups in total. The van der Waals surface area contributed by atoms with Gasteiger partial charge in [-0.1, -0.05) is 61.5 Å². The van der Waals surface area contributed by atoms with E-state index < -0.39 is 0 Å². The Labute approximate surface area is 125 Å². The van der Waals surface area contributed by atoms with Gasteiger partial charge in [-0.15, -0.1) is 0 Å². The normalized spacial score (nSPS) is 10.8. The van der Waals surface area contributed by atoms with Crippen LogP contribution in [0.5, 0.6) is 0 Å². The van der Waals surface area contributed by atoms with Gasteiger partial charge < -0.3 is 10.3 Å². The molecule has 0 bridgehead atoms. The zero-order valence-corrected chi connectivity index (χ0v) is 12.4. The highest BCUT2D eigenvalue weighted by Crippen LogP contribution is 2.30. The van der Waals surface area contributed by atoms with Crippen LogP contribution in [0, 0.1) is 0 Å². The molecule has 0 aliphatic carbocycles. The van der Waals surface area contributed by atoms with Gasteiger partial charge in [0.15, 0.2) is 0 Å². The van der Waals surface area contributed by atoms with Crippen LogP contribution in [0.15, 0.2) is 54.6 Å². The summed E-state index contributed by atoms with van der Waals surface area (Å²) in [6.07, 6.45) is 1.03. The molecule has 0 unspecified atom stereocenters. The molecule has 1 aromatic heterocycles. The summed E-state index contributed by atoms with van der Waals surface area (Å²) in [6, 6.07) is 18.6. The smallest absolute Gasteiger partial charge is 0.142 e. The van der Waals surface area contributed by atoms with Crippen LogP contribution in [0.2, 0.25) is 0 Å². The fraction of sp³-hybridized carbons (Fsp3) is 0.167. The van der Waals surface area contributed by atoms with E-state index in [2.05, 4.69) is 31.2 Å². The van der Waals surface area contributed by atoms with Crippen LogP contribution in [-0.2, 0) is 13.5 Å². The number of rotatable bonds is 3. The average molecular weight is 277 g/mol. The molecular weight excluding hydrogens is 258 g/mol. The van der Waals surface area contributed by atoms with E-state index in [4.69, 9.17) is 10.7 Å². The average Bonchev–Trinajstić information content (AvgIpc) is 2.84. The van der Waals surface area contributed by atoms with Crippen LogP contribution < -0.4 is 5.73 Å². The second kappa shape index (κ2) is 5.44. The Morgan fingerprint density at radius 2 is 1.62 bits per heavy atom. The van der Waals surface area contributed by atoms with Crippen LogP contribution >= 0.6 is 0 Å². The van der Waals surface area contributed by atoms with Gasteiger partial charge in [0.2, 0.25) is 0 Å².